The first-order valence-corrected chi connectivity index (χ1v) is 9.22. The van der Waals surface area contributed by atoms with Crippen LogP contribution in [-0.2, 0) is 16.0 Å². The third kappa shape index (κ3) is 5.87. The van der Waals surface area contributed by atoms with E-state index in [1.165, 1.54) is 6.07 Å². The van der Waals surface area contributed by atoms with Crippen molar-refractivity contribution >= 4 is 23.3 Å². The third-order valence-electron chi connectivity index (χ3n) is 4.30. The molecule has 0 aliphatic heterocycles. The molecule has 0 saturated carbocycles. The molecule has 3 aromatic carbocycles. The Morgan fingerprint density at radius 1 is 0.828 bits per heavy atom. The van der Waals surface area contributed by atoms with Crippen molar-refractivity contribution in [2.45, 2.75) is 13.3 Å². The number of aryl methyl sites for hydroxylation is 1. The number of benzene rings is 3. The van der Waals surface area contributed by atoms with Gasteiger partial charge in [-0.2, -0.15) is 0 Å². The summed E-state index contributed by atoms with van der Waals surface area (Å²) in [5.74, 6) is -1.08. The minimum Gasteiger partial charge on any atom is -0.454 e. The summed E-state index contributed by atoms with van der Waals surface area (Å²) in [6, 6.07) is 22.9. The molecule has 0 atom stereocenters. The van der Waals surface area contributed by atoms with E-state index in [-0.39, 0.29) is 30.3 Å². The van der Waals surface area contributed by atoms with Gasteiger partial charge in [-0.05, 0) is 30.7 Å². The summed E-state index contributed by atoms with van der Waals surface area (Å²) < 4.78 is 5.13. The maximum Gasteiger partial charge on any atom is 0.338 e. The molecule has 0 fully saturated rings. The largest absolute Gasteiger partial charge is 0.454 e. The Morgan fingerprint density at radius 2 is 1.55 bits per heavy atom. The van der Waals surface area contributed by atoms with Crippen LogP contribution >= 0.6 is 0 Å². The normalized spacial score (nSPS) is 10.2. The quantitative estimate of drug-likeness (QED) is 0.487. The van der Waals surface area contributed by atoms with Crippen LogP contribution in [-0.4, -0.2) is 24.3 Å². The smallest absolute Gasteiger partial charge is 0.338 e. The van der Waals surface area contributed by atoms with E-state index in [0.29, 0.717) is 11.3 Å². The maximum absolute atomic E-state index is 12.3. The molecule has 0 spiro atoms. The van der Waals surface area contributed by atoms with E-state index in [9.17, 15) is 14.4 Å². The van der Waals surface area contributed by atoms with Gasteiger partial charge >= 0.3 is 5.97 Å². The molecule has 3 aromatic rings. The SMILES string of the molecule is Cc1ccc(C(=O)COC(=O)c2cccc(NC(=O)Cc3ccccc3)c2)cc1. The van der Waals surface area contributed by atoms with Crippen LogP contribution in [0.25, 0.3) is 0 Å². The molecule has 0 heterocycles. The van der Waals surface area contributed by atoms with Gasteiger partial charge in [0.05, 0.1) is 12.0 Å². The van der Waals surface area contributed by atoms with Crippen molar-refractivity contribution in [3.8, 4) is 0 Å². The van der Waals surface area contributed by atoms with Crippen molar-refractivity contribution in [1.29, 1.82) is 0 Å². The number of ether oxygens (including phenoxy) is 1. The fourth-order valence-electron chi connectivity index (χ4n) is 2.75. The minimum atomic E-state index is -0.621. The first kappa shape index (κ1) is 20.0. The lowest BCUT2D eigenvalue weighted by atomic mass is 10.1. The van der Waals surface area contributed by atoms with Crippen molar-refractivity contribution in [3.63, 3.8) is 0 Å². The van der Waals surface area contributed by atoms with Gasteiger partial charge in [-0.1, -0.05) is 66.2 Å². The predicted molar refractivity (Wildman–Crippen MR) is 111 cm³/mol. The summed E-state index contributed by atoms with van der Waals surface area (Å²) in [5, 5.41) is 2.77. The third-order valence-corrected chi connectivity index (χ3v) is 4.30. The van der Waals surface area contributed by atoms with Crippen LogP contribution in [0.2, 0.25) is 0 Å². The van der Waals surface area contributed by atoms with E-state index < -0.39 is 5.97 Å². The highest BCUT2D eigenvalue weighted by molar-refractivity contribution is 6.00. The van der Waals surface area contributed by atoms with Crippen LogP contribution in [0.15, 0.2) is 78.9 Å². The van der Waals surface area contributed by atoms with Crippen molar-refractivity contribution in [2.75, 3.05) is 11.9 Å². The van der Waals surface area contributed by atoms with E-state index in [0.717, 1.165) is 11.1 Å². The molecule has 1 N–H and O–H groups in total. The second-order valence-corrected chi connectivity index (χ2v) is 6.66. The summed E-state index contributed by atoms with van der Waals surface area (Å²) in [6.07, 6.45) is 0.237. The van der Waals surface area contributed by atoms with E-state index >= 15 is 0 Å². The highest BCUT2D eigenvalue weighted by Gasteiger charge is 2.13. The molecule has 0 aliphatic rings. The monoisotopic (exact) mass is 387 g/mol. The van der Waals surface area contributed by atoms with Gasteiger partial charge in [0, 0.05) is 11.3 Å². The first-order valence-electron chi connectivity index (χ1n) is 9.22. The number of esters is 1. The van der Waals surface area contributed by atoms with Gasteiger partial charge in [0.15, 0.2) is 12.4 Å². The predicted octanol–water partition coefficient (Wildman–Crippen LogP) is 4.22. The lowest BCUT2D eigenvalue weighted by Gasteiger charge is -2.08. The lowest BCUT2D eigenvalue weighted by molar-refractivity contribution is -0.115. The number of anilines is 1. The zero-order valence-corrected chi connectivity index (χ0v) is 16.1. The van der Waals surface area contributed by atoms with Gasteiger partial charge in [-0.15, -0.1) is 0 Å². The number of carbonyl (C=O) groups excluding carboxylic acids is 3. The Morgan fingerprint density at radius 3 is 2.28 bits per heavy atom. The van der Waals surface area contributed by atoms with Crippen LogP contribution < -0.4 is 5.32 Å². The van der Waals surface area contributed by atoms with E-state index in [2.05, 4.69) is 5.32 Å². The van der Waals surface area contributed by atoms with Crippen molar-refractivity contribution < 1.29 is 19.1 Å². The Labute approximate surface area is 169 Å². The lowest BCUT2D eigenvalue weighted by Crippen LogP contribution is -2.16. The molecule has 1 amide bonds. The molecule has 5 nitrogen and oxygen atoms in total. The zero-order chi connectivity index (χ0) is 20.6. The summed E-state index contributed by atoms with van der Waals surface area (Å²) in [6.45, 7) is 1.59. The van der Waals surface area contributed by atoms with Gasteiger partial charge in [0.25, 0.3) is 0 Å². The molecule has 0 bridgehead atoms. The Hall–Kier alpha value is -3.73. The summed E-state index contributed by atoms with van der Waals surface area (Å²) in [7, 11) is 0. The van der Waals surface area contributed by atoms with Crippen molar-refractivity contribution in [3.05, 3.63) is 101 Å². The first-order chi connectivity index (χ1) is 14.0. The van der Waals surface area contributed by atoms with Gasteiger partial charge in [-0.25, -0.2) is 4.79 Å². The molecule has 0 aliphatic carbocycles. The van der Waals surface area contributed by atoms with Crippen molar-refractivity contribution in [2.24, 2.45) is 0 Å². The number of ketones is 1. The van der Waals surface area contributed by atoms with Crippen LogP contribution in [0.4, 0.5) is 5.69 Å². The van der Waals surface area contributed by atoms with E-state index in [4.69, 9.17) is 4.74 Å². The van der Waals surface area contributed by atoms with Crippen molar-refractivity contribution in [1.82, 2.24) is 0 Å². The number of rotatable bonds is 7. The number of Topliss-reactive ketones (excluding diaryl/α,β-unsaturated/α-hetero) is 1. The van der Waals surface area contributed by atoms with Gasteiger partial charge in [0.1, 0.15) is 0 Å². The van der Waals surface area contributed by atoms with Gasteiger partial charge < -0.3 is 10.1 Å². The average Bonchev–Trinajstić information content (AvgIpc) is 2.73. The van der Waals surface area contributed by atoms with Gasteiger partial charge in [-0.3, -0.25) is 9.59 Å². The van der Waals surface area contributed by atoms with Crippen LogP contribution in [0.5, 0.6) is 0 Å². The molecule has 0 aromatic heterocycles. The Balaban J connectivity index is 1.56. The molecular formula is C24H21NO4. The highest BCUT2D eigenvalue weighted by Crippen LogP contribution is 2.13. The second kappa shape index (κ2) is 9.46. The average molecular weight is 387 g/mol. The maximum atomic E-state index is 12.3. The number of carbonyl (C=O) groups is 3. The molecule has 146 valence electrons. The molecular weight excluding hydrogens is 366 g/mol. The minimum absolute atomic E-state index is 0.184. The highest BCUT2D eigenvalue weighted by atomic mass is 16.5. The summed E-state index contributed by atoms with van der Waals surface area (Å²) in [5.41, 5.74) is 3.19. The summed E-state index contributed by atoms with van der Waals surface area (Å²) >= 11 is 0. The topological polar surface area (TPSA) is 72.5 Å². The Kier molecular flexibility index (Phi) is 6.53. The molecule has 0 unspecified atom stereocenters. The van der Waals surface area contributed by atoms with Crippen LogP contribution in [0.3, 0.4) is 0 Å². The molecule has 0 radical (unpaired) electrons. The molecule has 29 heavy (non-hydrogen) atoms. The standard InChI is InChI=1S/C24H21NO4/c1-17-10-12-19(13-11-17)22(26)16-29-24(28)20-8-5-9-21(15-20)25-23(27)14-18-6-3-2-4-7-18/h2-13,15H,14,16H2,1H3,(H,25,27). The number of nitrogens with one attached hydrogen (secondary N) is 1. The molecule has 0 saturated heterocycles. The molecule has 3 rings (SSSR count). The number of hydrogen-bond acceptors (Lipinski definition) is 4. The van der Waals surface area contributed by atoms with E-state index in [1.54, 1.807) is 30.3 Å². The Bertz CT molecular complexity index is 1010. The van der Waals surface area contributed by atoms with Crippen LogP contribution in [0, 0.1) is 6.92 Å². The zero-order valence-electron chi connectivity index (χ0n) is 16.1. The van der Waals surface area contributed by atoms with Gasteiger partial charge in [0.2, 0.25) is 5.91 Å². The fourth-order valence-corrected chi connectivity index (χ4v) is 2.75. The van der Waals surface area contributed by atoms with E-state index in [1.807, 2.05) is 49.4 Å². The second-order valence-electron chi connectivity index (χ2n) is 6.66. The number of amides is 1. The fraction of sp³-hybridized carbons (Fsp3) is 0.125. The summed E-state index contributed by atoms with van der Waals surface area (Å²) in [4.78, 5) is 36.6. The van der Waals surface area contributed by atoms with Crippen LogP contribution in [0.1, 0.15) is 31.8 Å². The molecule has 5 heteroatoms. The number of hydrogen-bond donors (Lipinski definition) is 1.